The van der Waals surface area contributed by atoms with Gasteiger partial charge in [0.2, 0.25) is 11.7 Å². The van der Waals surface area contributed by atoms with E-state index in [0.29, 0.717) is 0 Å². The number of hydrogen-bond acceptors (Lipinski definition) is 6. The van der Waals surface area contributed by atoms with Crippen LogP contribution in [0.25, 0.3) is 0 Å². The fourth-order valence-electron chi connectivity index (χ4n) is 1.96. The Hall–Kier alpha value is -3.42. The minimum absolute atomic E-state index is 0.0565. The van der Waals surface area contributed by atoms with Gasteiger partial charge in [-0.05, 0) is 11.6 Å². The van der Waals surface area contributed by atoms with E-state index in [1.165, 1.54) is 13.2 Å². The molecule has 0 saturated heterocycles. The van der Waals surface area contributed by atoms with Crippen LogP contribution in [-0.4, -0.2) is 29.3 Å². The van der Waals surface area contributed by atoms with E-state index >= 15 is 0 Å². The molecule has 24 heavy (non-hydrogen) atoms. The summed E-state index contributed by atoms with van der Waals surface area (Å²) in [6.45, 7) is 0. The maximum Gasteiger partial charge on any atom is 0.315 e. The van der Waals surface area contributed by atoms with Crippen LogP contribution in [0.4, 0.5) is 5.69 Å². The number of ether oxygens (including phenoxy) is 1. The largest absolute Gasteiger partial charge is 0.502 e. The van der Waals surface area contributed by atoms with Crippen LogP contribution in [0.5, 0.6) is 11.5 Å². The lowest BCUT2D eigenvalue weighted by Gasteiger charge is -2.05. The van der Waals surface area contributed by atoms with Gasteiger partial charge in [0.1, 0.15) is 5.75 Å². The lowest BCUT2D eigenvalue weighted by molar-refractivity contribution is -0.385. The van der Waals surface area contributed by atoms with Crippen LogP contribution in [0, 0.1) is 10.1 Å². The quantitative estimate of drug-likeness (QED) is 0.478. The average molecular weight is 329 g/mol. The lowest BCUT2D eigenvalue weighted by atomic mass is 10.1. The maximum absolute atomic E-state index is 11.8. The monoisotopic (exact) mass is 329 g/mol. The van der Waals surface area contributed by atoms with Gasteiger partial charge in [0.25, 0.3) is 0 Å². The van der Waals surface area contributed by atoms with Gasteiger partial charge < -0.3 is 9.84 Å². The Morgan fingerprint density at radius 1 is 1.38 bits per heavy atom. The van der Waals surface area contributed by atoms with Crippen molar-refractivity contribution in [2.45, 2.75) is 6.42 Å². The van der Waals surface area contributed by atoms with Crippen molar-refractivity contribution >= 4 is 17.8 Å². The predicted octanol–water partition coefficient (Wildman–Crippen LogP) is 2.00. The number of aromatic hydroxyl groups is 1. The zero-order valence-corrected chi connectivity index (χ0v) is 12.8. The van der Waals surface area contributed by atoms with E-state index in [2.05, 4.69) is 10.5 Å². The van der Waals surface area contributed by atoms with Crippen molar-refractivity contribution in [3.05, 3.63) is 63.7 Å². The highest BCUT2D eigenvalue weighted by Gasteiger charge is 2.18. The second-order valence-electron chi connectivity index (χ2n) is 4.80. The molecule has 0 aliphatic carbocycles. The zero-order valence-electron chi connectivity index (χ0n) is 12.8. The molecule has 2 rings (SSSR count). The standard InChI is InChI=1S/C16H15N3O5/c1-24-13-8-12(16(21)14(9-13)19(22)23)10-17-18-15(20)7-11-5-3-2-4-6-11/h2-6,8-10,21H,7H2,1H3,(H,18,20)/b17-10-. The van der Waals surface area contributed by atoms with Gasteiger partial charge in [0.05, 0.1) is 30.7 Å². The van der Waals surface area contributed by atoms with Crippen LogP contribution in [0.3, 0.4) is 0 Å². The van der Waals surface area contributed by atoms with Crippen molar-refractivity contribution in [2.24, 2.45) is 5.10 Å². The molecule has 0 aromatic heterocycles. The third kappa shape index (κ3) is 4.29. The first-order valence-corrected chi connectivity index (χ1v) is 6.92. The van der Waals surface area contributed by atoms with Crippen molar-refractivity contribution in [1.82, 2.24) is 5.43 Å². The molecule has 0 bridgehead atoms. The van der Waals surface area contributed by atoms with Crippen molar-refractivity contribution < 1.29 is 19.6 Å². The number of carbonyl (C=O) groups excluding carboxylic acids is 1. The molecule has 8 nitrogen and oxygen atoms in total. The summed E-state index contributed by atoms with van der Waals surface area (Å²) in [7, 11) is 1.35. The topological polar surface area (TPSA) is 114 Å². The van der Waals surface area contributed by atoms with Crippen LogP contribution in [0.15, 0.2) is 47.6 Å². The van der Waals surface area contributed by atoms with E-state index in [-0.39, 0.29) is 23.6 Å². The first-order valence-electron chi connectivity index (χ1n) is 6.92. The highest BCUT2D eigenvalue weighted by atomic mass is 16.6. The SMILES string of the molecule is COc1cc(/C=N\NC(=O)Cc2ccccc2)c(O)c([N+](=O)[O-])c1. The summed E-state index contributed by atoms with van der Waals surface area (Å²) in [4.78, 5) is 21.9. The number of rotatable bonds is 6. The molecular formula is C16H15N3O5. The molecule has 124 valence electrons. The lowest BCUT2D eigenvalue weighted by Crippen LogP contribution is -2.19. The number of phenols is 1. The molecule has 0 fully saturated rings. The Kier molecular flexibility index (Phi) is 5.45. The van der Waals surface area contributed by atoms with Gasteiger partial charge in [-0.3, -0.25) is 14.9 Å². The number of methoxy groups -OCH3 is 1. The van der Waals surface area contributed by atoms with Gasteiger partial charge in [0.15, 0.2) is 0 Å². The number of hydrogen-bond donors (Lipinski definition) is 2. The van der Waals surface area contributed by atoms with Gasteiger partial charge in [-0.2, -0.15) is 5.10 Å². The van der Waals surface area contributed by atoms with Crippen LogP contribution >= 0.6 is 0 Å². The first-order chi connectivity index (χ1) is 11.5. The third-order valence-corrected chi connectivity index (χ3v) is 3.13. The second kappa shape index (κ2) is 7.73. The fraction of sp³-hybridized carbons (Fsp3) is 0.125. The minimum atomic E-state index is -0.733. The Labute approximate surface area is 137 Å². The maximum atomic E-state index is 11.8. The van der Waals surface area contributed by atoms with Gasteiger partial charge >= 0.3 is 5.69 Å². The number of phenolic OH excluding ortho intramolecular Hbond substituents is 1. The summed E-state index contributed by atoms with van der Waals surface area (Å²) in [6, 6.07) is 11.6. The number of nitrogens with zero attached hydrogens (tertiary/aromatic N) is 2. The smallest absolute Gasteiger partial charge is 0.315 e. The number of nitro benzene ring substituents is 1. The Morgan fingerprint density at radius 2 is 2.08 bits per heavy atom. The van der Waals surface area contributed by atoms with Crippen molar-refractivity contribution in [1.29, 1.82) is 0 Å². The number of nitrogens with one attached hydrogen (secondary N) is 1. The molecule has 0 unspecified atom stereocenters. The summed E-state index contributed by atoms with van der Waals surface area (Å²) < 4.78 is 4.94. The molecule has 2 aromatic rings. The number of amides is 1. The summed E-state index contributed by atoms with van der Waals surface area (Å²) in [5, 5.41) is 24.5. The van der Waals surface area contributed by atoms with E-state index in [0.717, 1.165) is 17.8 Å². The molecule has 2 N–H and O–H groups in total. The molecule has 8 heteroatoms. The van der Waals surface area contributed by atoms with Crippen molar-refractivity contribution in [3.8, 4) is 11.5 Å². The Morgan fingerprint density at radius 3 is 2.71 bits per heavy atom. The molecular weight excluding hydrogens is 314 g/mol. The molecule has 0 aliphatic heterocycles. The average Bonchev–Trinajstić information content (AvgIpc) is 2.57. The molecule has 0 spiro atoms. The number of benzene rings is 2. The summed E-state index contributed by atoms with van der Waals surface area (Å²) in [5.41, 5.74) is 2.67. The zero-order chi connectivity index (χ0) is 17.5. The van der Waals surface area contributed by atoms with Crippen molar-refractivity contribution in [2.75, 3.05) is 7.11 Å². The molecule has 0 radical (unpaired) electrons. The molecule has 0 aliphatic rings. The van der Waals surface area contributed by atoms with Gasteiger partial charge in [-0.15, -0.1) is 0 Å². The molecule has 0 atom stereocenters. The first kappa shape index (κ1) is 16.9. The highest BCUT2D eigenvalue weighted by Crippen LogP contribution is 2.33. The van der Waals surface area contributed by atoms with E-state index in [1.807, 2.05) is 18.2 Å². The summed E-state index contributed by atoms with van der Waals surface area (Å²) >= 11 is 0. The second-order valence-corrected chi connectivity index (χ2v) is 4.80. The normalized spacial score (nSPS) is 10.5. The van der Waals surface area contributed by atoms with E-state index in [9.17, 15) is 20.0 Å². The van der Waals surface area contributed by atoms with Gasteiger partial charge in [-0.1, -0.05) is 30.3 Å². The number of hydrazone groups is 1. The van der Waals surface area contributed by atoms with E-state index < -0.39 is 16.4 Å². The third-order valence-electron chi connectivity index (χ3n) is 3.13. The summed E-state index contributed by atoms with van der Waals surface area (Å²) in [6.07, 6.45) is 1.26. The molecule has 1 amide bonds. The molecule has 2 aromatic carbocycles. The van der Waals surface area contributed by atoms with Crippen LogP contribution in [0.2, 0.25) is 0 Å². The summed E-state index contributed by atoms with van der Waals surface area (Å²) in [5.74, 6) is -0.715. The Balaban J connectivity index is 2.10. The van der Waals surface area contributed by atoms with Crippen LogP contribution in [-0.2, 0) is 11.2 Å². The van der Waals surface area contributed by atoms with E-state index in [4.69, 9.17) is 4.74 Å². The molecule has 0 heterocycles. The highest BCUT2D eigenvalue weighted by molar-refractivity contribution is 5.88. The fourth-order valence-corrected chi connectivity index (χ4v) is 1.96. The minimum Gasteiger partial charge on any atom is -0.502 e. The predicted molar refractivity (Wildman–Crippen MR) is 87.2 cm³/mol. The van der Waals surface area contributed by atoms with Crippen LogP contribution in [0.1, 0.15) is 11.1 Å². The molecule has 0 saturated carbocycles. The number of nitro groups is 1. The van der Waals surface area contributed by atoms with Crippen LogP contribution < -0.4 is 10.2 Å². The number of carbonyl (C=O) groups is 1. The van der Waals surface area contributed by atoms with Gasteiger partial charge in [-0.25, -0.2) is 5.43 Å². The van der Waals surface area contributed by atoms with E-state index in [1.54, 1.807) is 12.1 Å². The Bertz CT molecular complexity index is 775. The van der Waals surface area contributed by atoms with Gasteiger partial charge in [0, 0.05) is 5.56 Å². The van der Waals surface area contributed by atoms with Crippen molar-refractivity contribution in [3.63, 3.8) is 0 Å².